The molecule has 0 bridgehead atoms. The zero-order valence-electron chi connectivity index (χ0n) is 12.0. The molecule has 0 radical (unpaired) electrons. The maximum absolute atomic E-state index is 12.1. The summed E-state index contributed by atoms with van der Waals surface area (Å²) in [6.07, 6.45) is 1.01. The van der Waals surface area contributed by atoms with Crippen LogP contribution in [0.3, 0.4) is 0 Å². The summed E-state index contributed by atoms with van der Waals surface area (Å²) in [7, 11) is 0. The Balaban J connectivity index is 1.92. The normalized spacial score (nSPS) is 17.6. The first-order valence-electron chi connectivity index (χ1n) is 7.03. The second-order valence-corrected chi connectivity index (χ2v) is 5.15. The quantitative estimate of drug-likeness (QED) is 0.855. The summed E-state index contributed by atoms with van der Waals surface area (Å²) in [5, 5.41) is 2.86. The van der Waals surface area contributed by atoms with Crippen LogP contribution in [-0.2, 0) is 4.79 Å². The maximum Gasteiger partial charge on any atom is 0.264 e. The van der Waals surface area contributed by atoms with Crippen LogP contribution in [-0.4, -0.2) is 30.7 Å². The van der Waals surface area contributed by atoms with Gasteiger partial charge in [-0.2, -0.15) is 0 Å². The van der Waals surface area contributed by atoms with Crippen LogP contribution in [0.5, 0.6) is 11.5 Å². The minimum atomic E-state index is -0.622. The molecule has 0 saturated heterocycles. The molecule has 0 saturated carbocycles. The Morgan fingerprint density at radius 1 is 1.35 bits per heavy atom. The van der Waals surface area contributed by atoms with E-state index in [1.165, 1.54) is 0 Å². The fourth-order valence-electron chi connectivity index (χ4n) is 2.03. The molecule has 2 rings (SSSR count). The van der Waals surface area contributed by atoms with Gasteiger partial charge in [0.1, 0.15) is 6.61 Å². The van der Waals surface area contributed by atoms with Crippen LogP contribution in [0.15, 0.2) is 24.3 Å². The highest BCUT2D eigenvalue weighted by molar-refractivity contribution is 5.81. The number of nitrogens with two attached hydrogens (primary N) is 1. The van der Waals surface area contributed by atoms with Gasteiger partial charge in [-0.15, -0.1) is 0 Å². The molecule has 1 atom stereocenters. The van der Waals surface area contributed by atoms with Crippen LogP contribution in [0.25, 0.3) is 0 Å². The lowest BCUT2D eigenvalue weighted by atomic mass is 9.94. The number of amides is 1. The Kier molecular flexibility index (Phi) is 4.49. The molecule has 1 heterocycles. The molecule has 5 nitrogen and oxygen atoms in total. The topological polar surface area (TPSA) is 73.6 Å². The molecular formula is C15H22N2O3. The van der Waals surface area contributed by atoms with Gasteiger partial charge in [0.15, 0.2) is 11.5 Å². The number of hydrogen-bond acceptors (Lipinski definition) is 4. The summed E-state index contributed by atoms with van der Waals surface area (Å²) in [5.41, 5.74) is 5.81. The third-order valence-corrected chi connectivity index (χ3v) is 3.82. The average Bonchev–Trinajstić information content (AvgIpc) is 2.51. The summed E-state index contributed by atoms with van der Waals surface area (Å²) in [5.74, 6) is 1.09. The molecule has 1 aliphatic heterocycles. The molecule has 1 amide bonds. The fourth-order valence-corrected chi connectivity index (χ4v) is 2.03. The van der Waals surface area contributed by atoms with E-state index in [4.69, 9.17) is 15.2 Å². The smallest absolute Gasteiger partial charge is 0.264 e. The number of ether oxygens (including phenoxy) is 2. The first-order valence-corrected chi connectivity index (χ1v) is 7.03. The SMILES string of the molecule is CCC(N)(CC)CNC(=O)C1COc2ccccc2O1. The van der Waals surface area contributed by atoms with Crippen molar-refractivity contribution in [2.24, 2.45) is 5.73 Å². The lowest BCUT2D eigenvalue weighted by Gasteiger charge is -2.29. The van der Waals surface area contributed by atoms with Gasteiger partial charge < -0.3 is 20.5 Å². The standard InChI is InChI=1S/C15H22N2O3/c1-3-15(16,4-2)10-17-14(18)13-9-19-11-7-5-6-8-12(11)20-13/h5-8,13H,3-4,9-10,16H2,1-2H3,(H,17,18). The Bertz CT molecular complexity index is 472. The second kappa shape index (κ2) is 6.13. The average molecular weight is 278 g/mol. The molecule has 1 unspecified atom stereocenters. The first kappa shape index (κ1) is 14.7. The zero-order chi connectivity index (χ0) is 14.6. The van der Waals surface area contributed by atoms with Gasteiger partial charge in [-0.05, 0) is 25.0 Å². The highest BCUT2D eigenvalue weighted by Crippen LogP contribution is 2.30. The largest absolute Gasteiger partial charge is 0.485 e. The van der Waals surface area contributed by atoms with Gasteiger partial charge in [-0.1, -0.05) is 26.0 Å². The zero-order valence-corrected chi connectivity index (χ0v) is 12.0. The summed E-state index contributed by atoms with van der Waals surface area (Å²) in [6, 6.07) is 7.33. The Labute approximate surface area is 119 Å². The van der Waals surface area contributed by atoms with Crippen molar-refractivity contribution in [3.8, 4) is 11.5 Å². The van der Waals surface area contributed by atoms with Gasteiger partial charge in [0.05, 0.1) is 0 Å². The monoisotopic (exact) mass is 278 g/mol. The molecule has 0 spiro atoms. The van der Waals surface area contributed by atoms with E-state index >= 15 is 0 Å². The first-order chi connectivity index (χ1) is 9.58. The summed E-state index contributed by atoms with van der Waals surface area (Å²) < 4.78 is 11.2. The Morgan fingerprint density at radius 3 is 2.65 bits per heavy atom. The van der Waals surface area contributed by atoms with Gasteiger partial charge in [-0.25, -0.2) is 0 Å². The predicted octanol–water partition coefficient (Wildman–Crippen LogP) is 1.46. The molecule has 1 aliphatic rings. The molecule has 1 aromatic carbocycles. The van der Waals surface area contributed by atoms with E-state index in [2.05, 4.69) is 5.32 Å². The van der Waals surface area contributed by atoms with Crippen molar-refractivity contribution in [2.75, 3.05) is 13.2 Å². The van der Waals surface area contributed by atoms with E-state index in [0.717, 1.165) is 12.8 Å². The highest BCUT2D eigenvalue weighted by atomic mass is 16.6. The van der Waals surface area contributed by atoms with Crippen LogP contribution in [0.1, 0.15) is 26.7 Å². The van der Waals surface area contributed by atoms with E-state index in [0.29, 0.717) is 18.0 Å². The van der Waals surface area contributed by atoms with Crippen molar-refractivity contribution < 1.29 is 14.3 Å². The van der Waals surface area contributed by atoms with E-state index in [9.17, 15) is 4.79 Å². The van der Waals surface area contributed by atoms with E-state index in [1.54, 1.807) is 6.07 Å². The van der Waals surface area contributed by atoms with Crippen LogP contribution < -0.4 is 20.5 Å². The molecule has 0 aliphatic carbocycles. The number of fused-ring (bicyclic) bond motifs is 1. The van der Waals surface area contributed by atoms with Gasteiger partial charge in [0.25, 0.3) is 5.91 Å². The molecule has 20 heavy (non-hydrogen) atoms. The Hall–Kier alpha value is -1.75. The van der Waals surface area contributed by atoms with E-state index in [-0.39, 0.29) is 18.1 Å². The van der Waals surface area contributed by atoms with Gasteiger partial charge >= 0.3 is 0 Å². The number of rotatable bonds is 5. The molecule has 0 aromatic heterocycles. The molecule has 110 valence electrons. The number of benzene rings is 1. The predicted molar refractivity (Wildman–Crippen MR) is 76.9 cm³/mol. The summed E-state index contributed by atoms with van der Waals surface area (Å²) in [4.78, 5) is 12.1. The summed E-state index contributed by atoms with van der Waals surface area (Å²) >= 11 is 0. The van der Waals surface area contributed by atoms with Gasteiger partial charge in [-0.3, -0.25) is 4.79 Å². The van der Waals surface area contributed by atoms with Gasteiger partial charge in [0.2, 0.25) is 6.10 Å². The van der Waals surface area contributed by atoms with E-state index in [1.807, 2.05) is 32.0 Å². The summed E-state index contributed by atoms with van der Waals surface area (Å²) in [6.45, 7) is 4.71. The number of nitrogens with one attached hydrogen (secondary N) is 1. The van der Waals surface area contributed by atoms with Crippen molar-refractivity contribution >= 4 is 5.91 Å². The van der Waals surface area contributed by atoms with Crippen LogP contribution in [0.2, 0.25) is 0 Å². The van der Waals surface area contributed by atoms with Crippen LogP contribution >= 0.6 is 0 Å². The van der Waals surface area contributed by atoms with Crippen LogP contribution in [0.4, 0.5) is 0 Å². The Morgan fingerprint density at radius 2 is 2.00 bits per heavy atom. The maximum atomic E-state index is 12.1. The van der Waals surface area contributed by atoms with Crippen molar-refractivity contribution in [3.63, 3.8) is 0 Å². The van der Waals surface area contributed by atoms with Gasteiger partial charge in [0, 0.05) is 12.1 Å². The number of carbonyl (C=O) groups excluding carboxylic acids is 1. The van der Waals surface area contributed by atoms with Crippen molar-refractivity contribution in [1.82, 2.24) is 5.32 Å². The lowest BCUT2D eigenvalue weighted by molar-refractivity contribution is -0.130. The second-order valence-electron chi connectivity index (χ2n) is 5.15. The highest BCUT2D eigenvalue weighted by Gasteiger charge is 2.29. The number of hydrogen-bond donors (Lipinski definition) is 2. The lowest BCUT2D eigenvalue weighted by Crippen LogP contribution is -2.53. The molecule has 3 N–H and O–H groups in total. The third-order valence-electron chi connectivity index (χ3n) is 3.82. The minimum Gasteiger partial charge on any atom is -0.485 e. The van der Waals surface area contributed by atoms with Crippen molar-refractivity contribution in [1.29, 1.82) is 0 Å². The number of para-hydroxylation sites is 2. The fraction of sp³-hybridized carbons (Fsp3) is 0.533. The van der Waals surface area contributed by atoms with Crippen molar-refractivity contribution in [2.45, 2.75) is 38.3 Å². The minimum absolute atomic E-state index is 0.184. The van der Waals surface area contributed by atoms with E-state index < -0.39 is 6.10 Å². The molecule has 1 aromatic rings. The third kappa shape index (κ3) is 3.22. The molecular weight excluding hydrogens is 256 g/mol. The molecule has 0 fully saturated rings. The van der Waals surface area contributed by atoms with Crippen molar-refractivity contribution in [3.05, 3.63) is 24.3 Å². The molecule has 5 heteroatoms. The van der Waals surface area contributed by atoms with Crippen LogP contribution in [0, 0.1) is 0 Å². The number of carbonyl (C=O) groups is 1.